The summed E-state index contributed by atoms with van der Waals surface area (Å²) in [5, 5.41) is 11.9. The van der Waals surface area contributed by atoms with Crippen LogP contribution >= 0.6 is 15.9 Å². The monoisotopic (exact) mass is 318 g/mol. The van der Waals surface area contributed by atoms with E-state index in [1.807, 2.05) is 18.2 Å². The second-order valence-electron chi connectivity index (χ2n) is 3.72. The van der Waals surface area contributed by atoms with Crippen molar-refractivity contribution in [3.8, 4) is 11.9 Å². The normalized spacial score (nSPS) is 9.74. The zero-order valence-electron chi connectivity index (χ0n) is 10.2. The highest BCUT2D eigenvalue weighted by atomic mass is 79.9. The molecular formula is C13H11BrN4O. The number of nitrogens with zero attached hydrogens (tertiary/aromatic N) is 3. The van der Waals surface area contributed by atoms with Crippen molar-refractivity contribution in [2.45, 2.75) is 6.54 Å². The van der Waals surface area contributed by atoms with Gasteiger partial charge in [0.15, 0.2) is 0 Å². The summed E-state index contributed by atoms with van der Waals surface area (Å²) in [6.07, 6.45) is 1.62. The van der Waals surface area contributed by atoms with E-state index in [1.54, 1.807) is 19.4 Å². The molecule has 0 amide bonds. The number of ether oxygens (including phenoxy) is 1. The van der Waals surface area contributed by atoms with Crippen molar-refractivity contribution in [2.24, 2.45) is 0 Å². The Morgan fingerprint density at radius 3 is 3.05 bits per heavy atom. The van der Waals surface area contributed by atoms with Crippen LogP contribution in [0.2, 0.25) is 0 Å². The lowest BCUT2D eigenvalue weighted by Crippen LogP contribution is -2.04. The van der Waals surface area contributed by atoms with Crippen LogP contribution in [0.4, 0.5) is 5.95 Å². The predicted molar refractivity (Wildman–Crippen MR) is 74.8 cm³/mol. The number of nitriles is 1. The highest BCUT2D eigenvalue weighted by molar-refractivity contribution is 9.10. The van der Waals surface area contributed by atoms with Crippen LogP contribution in [0.5, 0.6) is 5.88 Å². The van der Waals surface area contributed by atoms with Crippen molar-refractivity contribution in [1.29, 1.82) is 5.26 Å². The first-order chi connectivity index (χ1) is 9.22. The van der Waals surface area contributed by atoms with E-state index in [4.69, 9.17) is 10.00 Å². The molecule has 0 atom stereocenters. The Bertz CT molecular complexity index is 624. The van der Waals surface area contributed by atoms with E-state index in [9.17, 15) is 0 Å². The van der Waals surface area contributed by atoms with E-state index >= 15 is 0 Å². The minimum absolute atomic E-state index is 0.474. The fourth-order valence-corrected chi connectivity index (χ4v) is 1.86. The van der Waals surface area contributed by atoms with Crippen molar-refractivity contribution in [3.63, 3.8) is 0 Å². The number of hydrogen-bond donors (Lipinski definition) is 1. The minimum Gasteiger partial charge on any atom is -0.480 e. The van der Waals surface area contributed by atoms with Gasteiger partial charge in [-0.05, 0) is 33.6 Å². The maximum absolute atomic E-state index is 8.83. The fraction of sp³-hybridized carbons (Fsp3) is 0.154. The number of halogens is 1. The maximum atomic E-state index is 8.83. The highest BCUT2D eigenvalue weighted by Gasteiger charge is 2.04. The van der Waals surface area contributed by atoms with Gasteiger partial charge in [-0.25, -0.2) is 4.98 Å². The Balaban J connectivity index is 2.08. The molecule has 2 rings (SSSR count). The molecule has 0 aliphatic heterocycles. The molecule has 0 saturated carbocycles. The average Bonchev–Trinajstić information content (AvgIpc) is 2.46. The second-order valence-corrected chi connectivity index (χ2v) is 4.57. The van der Waals surface area contributed by atoms with Gasteiger partial charge in [-0.15, -0.1) is 0 Å². The molecule has 1 N–H and O–H groups in total. The number of anilines is 1. The smallest absolute Gasteiger partial charge is 0.232 e. The summed E-state index contributed by atoms with van der Waals surface area (Å²) >= 11 is 3.29. The van der Waals surface area contributed by atoms with Crippen LogP contribution in [-0.4, -0.2) is 17.1 Å². The van der Waals surface area contributed by atoms with Crippen LogP contribution in [0.1, 0.15) is 11.1 Å². The molecule has 5 nitrogen and oxygen atoms in total. The van der Waals surface area contributed by atoms with E-state index < -0.39 is 0 Å². The number of hydrogen-bond acceptors (Lipinski definition) is 5. The quantitative estimate of drug-likeness (QED) is 0.938. The van der Waals surface area contributed by atoms with Crippen molar-refractivity contribution in [3.05, 3.63) is 46.1 Å². The third kappa shape index (κ3) is 3.42. The van der Waals surface area contributed by atoms with Gasteiger partial charge in [0.2, 0.25) is 11.8 Å². The summed E-state index contributed by atoms with van der Waals surface area (Å²) in [4.78, 5) is 8.32. The number of nitrogens with one attached hydrogen (secondary N) is 1. The fourth-order valence-electron chi connectivity index (χ4n) is 1.51. The van der Waals surface area contributed by atoms with Gasteiger partial charge < -0.3 is 10.1 Å². The molecule has 2 aromatic rings. The molecule has 1 aromatic carbocycles. The topological polar surface area (TPSA) is 70.8 Å². The summed E-state index contributed by atoms with van der Waals surface area (Å²) in [7, 11) is 1.55. The van der Waals surface area contributed by atoms with Crippen molar-refractivity contribution >= 4 is 21.9 Å². The molecule has 0 radical (unpaired) electrons. The number of benzene rings is 1. The predicted octanol–water partition coefficient (Wildman–Crippen LogP) is 2.73. The number of aromatic nitrogens is 2. The van der Waals surface area contributed by atoms with Crippen LogP contribution in [0.15, 0.2) is 34.9 Å². The van der Waals surface area contributed by atoms with Crippen molar-refractivity contribution < 1.29 is 4.74 Å². The molecule has 0 unspecified atom stereocenters. The number of methoxy groups -OCH3 is 1. The van der Waals surface area contributed by atoms with E-state index in [1.165, 1.54) is 0 Å². The van der Waals surface area contributed by atoms with Crippen molar-refractivity contribution in [1.82, 2.24) is 9.97 Å². The lowest BCUT2D eigenvalue weighted by molar-refractivity contribution is 0.394. The van der Waals surface area contributed by atoms with Crippen LogP contribution in [0.3, 0.4) is 0 Å². The Morgan fingerprint density at radius 1 is 1.47 bits per heavy atom. The van der Waals surface area contributed by atoms with Crippen LogP contribution in [0.25, 0.3) is 0 Å². The van der Waals surface area contributed by atoms with Crippen molar-refractivity contribution in [2.75, 3.05) is 12.4 Å². The van der Waals surface area contributed by atoms with E-state index in [-0.39, 0.29) is 0 Å². The van der Waals surface area contributed by atoms with Crippen LogP contribution < -0.4 is 10.1 Å². The van der Waals surface area contributed by atoms with Crippen LogP contribution in [-0.2, 0) is 6.54 Å². The first kappa shape index (κ1) is 13.3. The average molecular weight is 319 g/mol. The summed E-state index contributed by atoms with van der Waals surface area (Å²) in [6.45, 7) is 0.542. The van der Waals surface area contributed by atoms with Gasteiger partial charge in [0.05, 0.1) is 29.4 Å². The molecule has 0 aliphatic carbocycles. The molecule has 0 spiro atoms. The Labute approximate surface area is 119 Å². The van der Waals surface area contributed by atoms with Gasteiger partial charge in [0.25, 0.3) is 0 Å². The van der Waals surface area contributed by atoms with Gasteiger partial charge in [0, 0.05) is 6.54 Å². The van der Waals surface area contributed by atoms with Gasteiger partial charge >= 0.3 is 0 Å². The second kappa shape index (κ2) is 6.16. The highest BCUT2D eigenvalue weighted by Crippen LogP contribution is 2.21. The zero-order chi connectivity index (χ0) is 13.7. The standard InChI is InChI=1S/C13H11BrN4O/c1-19-12-11(14)8-17-13(18-12)16-7-10-4-2-3-9(5-10)6-15/h2-5,8H,7H2,1H3,(H,16,17,18). The molecule has 0 aliphatic rings. The zero-order valence-corrected chi connectivity index (χ0v) is 11.8. The third-order valence-corrected chi connectivity index (χ3v) is 2.96. The lowest BCUT2D eigenvalue weighted by Gasteiger charge is -2.07. The Kier molecular flexibility index (Phi) is 4.31. The van der Waals surface area contributed by atoms with E-state index in [0.717, 1.165) is 5.56 Å². The summed E-state index contributed by atoms with van der Waals surface area (Å²) in [6, 6.07) is 9.48. The van der Waals surface area contributed by atoms with Gasteiger partial charge in [0.1, 0.15) is 0 Å². The molecule has 1 heterocycles. The molecule has 19 heavy (non-hydrogen) atoms. The Morgan fingerprint density at radius 2 is 2.32 bits per heavy atom. The molecule has 1 aromatic heterocycles. The molecule has 96 valence electrons. The maximum Gasteiger partial charge on any atom is 0.232 e. The minimum atomic E-state index is 0.474. The first-order valence-corrected chi connectivity index (χ1v) is 6.31. The molecule has 0 bridgehead atoms. The van der Waals surface area contributed by atoms with Gasteiger partial charge in [-0.1, -0.05) is 12.1 Å². The largest absolute Gasteiger partial charge is 0.480 e. The summed E-state index contributed by atoms with van der Waals surface area (Å²) in [5.74, 6) is 0.950. The summed E-state index contributed by atoms with van der Waals surface area (Å²) in [5.41, 5.74) is 1.62. The van der Waals surface area contributed by atoms with E-state index in [2.05, 4.69) is 37.3 Å². The van der Waals surface area contributed by atoms with Crippen LogP contribution in [0, 0.1) is 11.3 Å². The lowest BCUT2D eigenvalue weighted by atomic mass is 10.1. The molecule has 0 fully saturated rings. The SMILES string of the molecule is COc1nc(NCc2cccc(C#N)c2)ncc1Br. The molecular weight excluding hydrogens is 308 g/mol. The molecule has 6 heteroatoms. The van der Waals surface area contributed by atoms with Gasteiger partial charge in [-0.3, -0.25) is 0 Å². The third-order valence-electron chi connectivity index (χ3n) is 2.41. The first-order valence-electron chi connectivity index (χ1n) is 5.52. The number of rotatable bonds is 4. The van der Waals surface area contributed by atoms with Gasteiger partial charge in [-0.2, -0.15) is 10.2 Å². The summed E-state index contributed by atoms with van der Waals surface area (Å²) < 4.78 is 5.79. The Hall–Kier alpha value is -2.13. The molecule has 0 saturated heterocycles. The van der Waals surface area contributed by atoms with E-state index in [0.29, 0.717) is 28.4 Å².